The highest BCUT2D eigenvalue weighted by Gasteiger charge is 2.34. The Hall–Kier alpha value is -2.84. The Kier molecular flexibility index (Phi) is 8.60. The Morgan fingerprint density at radius 2 is 1.73 bits per heavy atom. The summed E-state index contributed by atoms with van der Waals surface area (Å²) in [6.45, 7) is 9.60. The number of hydrogen-bond acceptors (Lipinski definition) is 5. The Bertz CT molecular complexity index is 1220. The first-order valence-electron chi connectivity index (χ1n) is 12.6. The van der Waals surface area contributed by atoms with Crippen molar-refractivity contribution in [3.8, 4) is 17.1 Å². The number of carbonyl (C=O) groups is 2. The predicted molar refractivity (Wildman–Crippen MR) is 149 cm³/mol. The van der Waals surface area contributed by atoms with E-state index in [4.69, 9.17) is 11.6 Å². The monoisotopic (exact) mass is 539 g/mol. The van der Waals surface area contributed by atoms with E-state index >= 15 is 0 Å². The Labute approximate surface area is 228 Å². The molecular weight excluding hydrogens is 506 g/mol. The zero-order valence-corrected chi connectivity index (χ0v) is 23.4. The third kappa shape index (κ3) is 6.54. The number of thioether (sulfide) groups is 1. The smallest absolute Gasteiger partial charge is 0.228 e. The molecule has 1 fully saturated rings. The predicted octanol–water partition coefficient (Wildman–Crippen LogP) is 5.57. The van der Waals surface area contributed by atoms with Crippen LogP contribution in [0.15, 0.2) is 59.8 Å². The maximum Gasteiger partial charge on any atom is 0.228 e. The Morgan fingerprint density at radius 3 is 2.38 bits per heavy atom. The molecule has 2 heterocycles. The molecule has 1 atom stereocenters. The molecule has 1 aliphatic heterocycles. The van der Waals surface area contributed by atoms with Gasteiger partial charge in [0.2, 0.25) is 11.8 Å². The number of halogens is 1. The van der Waals surface area contributed by atoms with Crippen LogP contribution in [-0.2, 0) is 9.59 Å². The van der Waals surface area contributed by atoms with Crippen LogP contribution >= 0.6 is 23.4 Å². The zero-order valence-electron chi connectivity index (χ0n) is 21.9. The van der Waals surface area contributed by atoms with Crippen molar-refractivity contribution in [1.82, 2.24) is 24.6 Å². The summed E-state index contributed by atoms with van der Waals surface area (Å²) in [5, 5.41) is 10.4. The summed E-state index contributed by atoms with van der Waals surface area (Å²) >= 11 is 7.68. The summed E-state index contributed by atoms with van der Waals surface area (Å²) in [4.78, 5) is 29.4. The minimum atomic E-state index is -0.411. The summed E-state index contributed by atoms with van der Waals surface area (Å²) in [7, 11) is 0. The molecule has 0 radical (unpaired) electrons. The second-order valence-electron chi connectivity index (χ2n) is 10.4. The average Bonchev–Trinajstić information content (AvgIpc) is 3.30. The van der Waals surface area contributed by atoms with E-state index in [2.05, 4.69) is 10.2 Å². The fourth-order valence-electron chi connectivity index (χ4n) is 4.42. The number of para-hydroxylation sites is 1. The van der Waals surface area contributed by atoms with Gasteiger partial charge < -0.3 is 9.80 Å². The number of nitrogens with zero attached hydrogens (tertiary/aromatic N) is 5. The zero-order chi connectivity index (χ0) is 26.6. The number of piperazine rings is 1. The van der Waals surface area contributed by atoms with E-state index in [0.717, 1.165) is 34.4 Å². The summed E-state index contributed by atoms with van der Waals surface area (Å²) in [6, 6.07) is 17.6. The lowest BCUT2D eigenvalue weighted by atomic mass is 9.93. The van der Waals surface area contributed by atoms with Crippen LogP contribution in [0.4, 0.5) is 0 Å². The second-order valence-corrected chi connectivity index (χ2v) is 11.9. The van der Waals surface area contributed by atoms with E-state index in [0.29, 0.717) is 31.1 Å². The van der Waals surface area contributed by atoms with Gasteiger partial charge >= 0.3 is 0 Å². The molecule has 3 aromatic rings. The van der Waals surface area contributed by atoms with Crippen LogP contribution in [0.5, 0.6) is 0 Å². The third-order valence-electron chi connectivity index (χ3n) is 6.40. The quantitative estimate of drug-likeness (QED) is 0.290. The molecule has 1 aliphatic rings. The molecule has 0 N–H and O–H groups in total. The lowest BCUT2D eigenvalue weighted by Crippen LogP contribution is -2.57. The normalized spacial score (nSPS) is 16.2. The molecule has 37 heavy (non-hydrogen) atoms. The largest absolute Gasteiger partial charge is 0.339 e. The Morgan fingerprint density at radius 1 is 1.03 bits per heavy atom. The van der Waals surface area contributed by atoms with Crippen molar-refractivity contribution in [1.29, 1.82) is 0 Å². The fraction of sp³-hybridized carbons (Fsp3) is 0.429. The molecule has 0 spiro atoms. The van der Waals surface area contributed by atoms with Gasteiger partial charge in [-0.25, -0.2) is 0 Å². The first-order chi connectivity index (χ1) is 17.6. The maximum atomic E-state index is 12.9. The Balaban J connectivity index is 1.36. The minimum absolute atomic E-state index is 0.0227. The maximum absolute atomic E-state index is 12.9. The van der Waals surface area contributed by atoms with Gasteiger partial charge in [-0.05, 0) is 49.7 Å². The van der Waals surface area contributed by atoms with Crippen molar-refractivity contribution >= 4 is 35.2 Å². The number of rotatable bonds is 7. The van der Waals surface area contributed by atoms with Gasteiger partial charge in [-0.1, -0.05) is 62.3 Å². The molecule has 1 saturated heterocycles. The number of amides is 2. The van der Waals surface area contributed by atoms with Gasteiger partial charge in [0.1, 0.15) is 0 Å². The molecule has 9 heteroatoms. The van der Waals surface area contributed by atoms with E-state index in [1.165, 1.54) is 0 Å². The molecule has 1 unspecified atom stereocenters. The van der Waals surface area contributed by atoms with Crippen LogP contribution in [0.3, 0.4) is 0 Å². The van der Waals surface area contributed by atoms with Gasteiger partial charge in [0.15, 0.2) is 11.0 Å². The van der Waals surface area contributed by atoms with E-state index < -0.39 is 5.41 Å². The van der Waals surface area contributed by atoms with Crippen molar-refractivity contribution in [3.63, 3.8) is 0 Å². The number of hydrogen-bond donors (Lipinski definition) is 0. The van der Waals surface area contributed by atoms with Crippen LogP contribution in [0, 0.1) is 5.41 Å². The van der Waals surface area contributed by atoms with Crippen LogP contribution in [0.1, 0.15) is 40.5 Å². The van der Waals surface area contributed by atoms with E-state index in [-0.39, 0.29) is 17.9 Å². The highest BCUT2D eigenvalue weighted by molar-refractivity contribution is 7.99. The summed E-state index contributed by atoms with van der Waals surface area (Å²) < 4.78 is 2.04. The molecule has 7 nitrogen and oxygen atoms in total. The van der Waals surface area contributed by atoms with Crippen LogP contribution in [0.25, 0.3) is 17.1 Å². The van der Waals surface area contributed by atoms with Crippen molar-refractivity contribution in [3.05, 3.63) is 59.6 Å². The van der Waals surface area contributed by atoms with Gasteiger partial charge in [0.05, 0.1) is 0 Å². The van der Waals surface area contributed by atoms with Gasteiger partial charge in [-0.2, -0.15) is 0 Å². The standard InChI is InChI=1S/C28H34ClN5O2S/c1-20-19-32(16-17-33(20)26(36)28(2,3)4)24(35)11-8-18-37-27-31-30-25(21-12-14-22(29)15-13-21)34(27)23-9-6-5-7-10-23/h5-7,9-10,12-15,20H,8,11,16-19H2,1-4H3. The van der Waals surface area contributed by atoms with Crippen LogP contribution in [-0.4, -0.2) is 67.8 Å². The lowest BCUT2D eigenvalue weighted by Gasteiger charge is -2.42. The van der Waals surface area contributed by atoms with E-state index in [9.17, 15) is 9.59 Å². The molecule has 0 saturated carbocycles. The molecule has 1 aromatic heterocycles. The molecule has 0 aliphatic carbocycles. The van der Waals surface area contributed by atoms with Crippen molar-refractivity contribution in [2.24, 2.45) is 5.41 Å². The topological polar surface area (TPSA) is 71.3 Å². The number of benzene rings is 2. The fourth-order valence-corrected chi connectivity index (χ4v) is 5.44. The molecular formula is C28H34ClN5O2S. The van der Waals surface area contributed by atoms with E-state index in [1.807, 2.05) is 96.7 Å². The number of aromatic nitrogens is 3. The van der Waals surface area contributed by atoms with Gasteiger partial charge in [-0.15, -0.1) is 10.2 Å². The minimum Gasteiger partial charge on any atom is -0.339 e. The average molecular weight is 540 g/mol. The van der Waals surface area contributed by atoms with E-state index in [1.54, 1.807) is 11.8 Å². The van der Waals surface area contributed by atoms with Gasteiger partial charge in [0, 0.05) is 59.5 Å². The van der Waals surface area contributed by atoms with Crippen LogP contribution < -0.4 is 0 Å². The molecule has 196 valence electrons. The number of carbonyl (C=O) groups excluding carboxylic acids is 2. The van der Waals surface area contributed by atoms with Crippen molar-refractivity contribution < 1.29 is 9.59 Å². The summed E-state index contributed by atoms with van der Waals surface area (Å²) in [5.74, 6) is 1.78. The molecule has 2 amide bonds. The summed E-state index contributed by atoms with van der Waals surface area (Å²) in [6.07, 6.45) is 1.20. The third-order valence-corrected chi connectivity index (χ3v) is 7.67. The summed E-state index contributed by atoms with van der Waals surface area (Å²) in [5.41, 5.74) is 1.50. The first kappa shape index (κ1) is 27.2. The first-order valence-corrected chi connectivity index (χ1v) is 14.0. The lowest BCUT2D eigenvalue weighted by molar-refractivity contribution is -0.148. The van der Waals surface area contributed by atoms with Crippen LogP contribution in [0.2, 0.25) is 5.02 Å². The highest BCUT2D eigenvalue weighted by atomic mass is 35.5. The van der Waals surface area contributed by atoms with Gasteiger partial charge in [-0.3, -0.25) is 14.2 Å². The molecule has 0 bridgehead atoms. The van der Waals surface area contributed by atoms with Gasteiger partial charge in [0.25, 0.3) is 0 Å². The van der Waals surface area contributed by atoms with Crippen molar-refractivity contribution in [2.75, 3.05) is 25.4 Å². The highest BCUT2D eigenvalue weighted by Crippen LogP contribution is 2.29. The van der Waals surface area contributed by atoms with Crippen molar-refractivity contribution in [2.45, 2.75) is 51.7 Å². The molecule has 2 aromatic carbocycles. The second kappa shape index (κ2) is 11.7. The molecule has 4 rings (SSSR count). The SMILES string of the molecule is CC1CN(C(=O)CCCSc2nnc(-c3ccc(Cl)cc3)n2-c2ccccc2)CCN1C(=O)C(C)(C)C.